The Morgan fingerprint density at radius 3 is 2.32 bits per heavy atom. The Morgan fingerprint density at radius 1 is 0.865 bits per heavy atom. The average Bonchev–Trinajstić information content (AvgIpc) is 3.38. The molecule has 5 rings (SSSR count). The van der Waals surface area contributed by atoms with E-state index in [2.05, 4.69) is 10.2 Å². The van der Waals surface area contributed by atoms with E-state index >= 15 is 0 Å². The summed E-state index contributed by atoms with van der Waals surface area (Å²) in [5.41, 5.74) is 2.84. The highest BCUT2D eigenvalue weighted by Crippen LogP contribution is 2.30. The van der Waals surface area contributed by atoms with Crippen LogP contribution in [0.4, 0.5) is 11.4 Å². The summed E-state index contributed by atoms with van der Waals surface area (Å²) in [6.45, 7) is 4.20. The summed E-state index contributed by atoms with van der Waals surface area (Å²) >= 11 is 0. The third-order valence-corrected chi connectivity index (χ3v) is 6.33. The lowest BCUT2D eigenvalue weighted by Crippen LogP contribution is -2.49. The first kappa shape index (κ1) is 24.1. The van der Waals surface area contributed by atoms with Crippen LogP contribution < -0.4 is 10.2 Å². The number of fused-ring (bicyclic) bond motifs is 1. The van der Waals surface area contributed by atoms with E-state index in [1.807, 2.05) is 53.4 Å². The van der Waals surface area contributed by atoms with E-state index < -0.39 is 11.9 Å². The molecule has 0 bridgehead atoms. The fourth-order valence-corrected chi connectivity index (χ4v) is 4.44. The molecule has 0 saturated carbocycles. The lowest BCUT2D eigenvalue weighted by atomic mass is 10.1. The number of hydrogen-bond acceptors (Lipinski definition) is 6. The normalized spacial score (nSPS) is 13.4. The Balaban J connectivity index is 1.37. The maximum Gasteiger partial charge on any atom is 0.338 e. The third kappa shape index (κ3) is 5.18. The standard InChI is InChI=1S/C29H27N3O5/c1-2-36-29(35)22-12-13-24(31-14-16-32(17-15-31)28(34)20-8-4-3-5-9-20)23(18-22)30-27(33)26-19-21-10-6-7-11-25(21)37-26/h3-13,18-19H,2,14-17H2,1H3,(H,30,33). The highest BCUT2D eigenvalue weighted by atomic mass is 16.5. The molecule has 2 heterocycles. The molecule has 0 unspecified atom stereocenters. The summed E-state index contributed by atoms with van der Waals surface area (Å²) in [4.78, 5) is 42.3. The van der Waals surface area contributed by atoms with E-state index in [1.165, 1.54) is 0 Å². The molecule has 1 saturated heterocycles. The summed E-state index contributed by atoms with van der Waals surface area (Å²) in [5, 5.41) is 3.75. The molecular formula is C29H27N3O5. The quantitative estimate of drug-likeness (QED) is 0.384. The van der Waals surface area contributed by atoms with E-state index in [0.717, 1.165) is 11.1 Å². The van der Waals surface area contributed by atoms with Gasteiger partial charge >= 0.3 is 5.97 Å². The summed E-state index contributed by atoms with van der Waals surface area (Å²) < 4.78 is 10.9. The predicted octanol–water partition coefficient (Wildman–Crippen LogP) is 4.82. The van der Waals surface area contributed by atoms with Gasteiger partial charge in [0.2, 0.25) is 0 Å². The zero-order chi connectivity index (χ0) is 25.8. The van der Waals surface area contributed by atoms with E-state index in [9.17, 15) is 14.4 Å². The van der Waals surface area contributed by atoms with Crippen LogP contribution in [0.15, 0.2) is 83.3 Å². The molecule has 1 aromatic heterocycles. The highest BCUT2D eigenvalue weighted by molar-refractivity contribution is 6.07. The number of piperazine rings is 1. The van der Waals surface area contributed by atoms with Crippen molar-refractivity contribution < 1.29 is 23.5 Å². The molecule has 3 aromatic carbocycles. The van der Waals surface area contributed by atoms with Crippen molar-refractivity contribution in [3.05, 3.63) is 95.7 Å². The van der Waals surface area contributed by atoms with Crippen LogP contribution in [0, 0.1) is 0 Å². The van der Waals surface area contributed by atoms with Crippen LogP contribution in [0.5, 0.6) is 0 Å². The van der Waals surface area contributed by atoms with E-state index in [-0.39, 0.29) is 18.3 Å². The number of amides is 2. The molecule has 0 aliphatic carbocycles. The summed E-state index contributed by atoms with van der Waals surface area (Å²) in [6, 6.07) is 23.4. The van der Waals surface area contributed by atoms with Gasteiger partial charge in [0.15, 0.2) is 5.76 Å². The van der Waals surface area contributed by atoms with Gasteiger partial charge < -0.3 is 24.3 Å². The van der Waals surface area contributed by atoms with E-state index in [0.29, 0.717) is 48.6 Å². The molecular weight excluding hydrogens is 470 g/mol. The number of nitrogens with one attached hydrogen (secondary N) is 1. The summed E-state index contributed by atoms with van der Waals surface area (Å²) in [6.07, 6.45) is 0. The smallest absolute Gasteiger partial charge is 0.338 e. The molecule has 8 nitrogen and oxygen atoms in total. The summed E-state index contributed by atoms with van der Waals surface area (Å²) in [5.74, 6) is -0.716. The van der Waals surface area contributed by atoms with Gasteiger partial charge in [-0.25, -0.2) is 4.79 Å². The Hall–Kier alpha value is -4.59. The van der Waals surface area contributed by atoms with Crippen LogP contribution >= 0.6 is 0 Å². The number of para-hydroxylation sites is 1. The van der Waals surface area contributed by atoms with E-state index in [4.69, 9.17) is 9.15 Å². The zero-order valence-corrected chi connectivity index (χ0v) is 20.5. The maximum absolute atomic E-state index is 13.1. The Bertz CT molecular complexity index is 1410. The van der Waals surface area contributed by atoms with Crippen LogP contribution in [-0.4, -0.2) is 55.5 Å². The largest absolute Gasteiger partial charge is 0.462 e. The number of rotatable bonds is 6. The van der Waals surface area contributed by atoms with Gasteiger partial charge in [0.05, 0.1) is 23.5 Å². The molecule has 0 spiro atoms. The van der Waals surface area contributed by atoms with Gasteiger partial charge in [-0.05, 0) is 49.4 Å². The third-order valence-electron chi connectivity index (χ3n) is 6.33. The minimum absolute atomic E-state index is 0.00341. The van der Waals surface area contributed by atoms with Gasteiger partial charge in [-0.15, -0.1) is 0 Å². The molecule has 0 radical (unpaired) electrons. The zero-order valence-electron chi connectivity index (χ0n) is 20.5. The number of anilines is 2. The second kappa shape index (κ2) is 10.6. The van der Waals surface area contributed by atoms with Gasteiger partial charge in [0.25, 0.3) is 11.8 Å². The lowest BCUT2D eigenvalue weighted by Gasteiger charge is -2.37. The molecule has 1 aliphatic heterocycles. The van der Waals surface area contributed by atoms with Gasteiger partial charge in [0, 0.05) is 37.1 Å². The molecule has 1 N–H and O–H groups in total. The van der Waals surface area contributed by atoms with Crippen molar-refractivity contribution in [2.45, 2.75) is 6.92 Å². The van der Waals surface area contributed by atoms with Gasteiger partial charge in [-0.2, -0.15) is 0 Å². The first-order chi connectivity index (χ1) is 18.0. The van der Waals surface area contributed by atoms with Crippen LogP contribution in [0.3, 0.4) is 0 Å². The monoisotopic (exact) mass is 497 g/mol. The Labute approximate surface area is 214 Å². The molecule has 2 amide bonds. The van der Waals surface area contributed by atoms with Crippen LogP contribution in [0.25, 0.3) is 11.0 Å². The number of furan rings is 1. The van der Waals surface area contributed by atoms with E-state index in [1.54, 1.807) is 37.3 Å². The van der Waals surface area contributed by atoms with Crippen molar-refractivity contribution in [2.24, 2.45) is 0 Å². The first-order valence-corrected chi connectivity index (χ1v) is 12.2. The Morgan fingerprint density at radius 2 is 1.59 bits per heavy atom. The van der Waals surface area contributed by atoms with Crippen molar-refractivity contribution in [2.75, 3.05) is 43.0 Å². The first-order valence-electron chi connectivity index (χ1n) is 12.2. The molecule has 1 fully saturated rings. The number of carbonyl (C=O) groups is 3. The van der Waals surface area contributed by atoms with Crippen molar-refractivity contribution in [3.8, 4) is 0 Å². The molecule has 8 heteroatoms. The summed E-state index contributed by atoms with van der Waals surface area (Å²) in [7, 11) is 0. The predicted molar refractivity (Wildman–Crippen MR) is 141 cm³/mol. The van der Waals surface area contributed by atoms with Crippen molar-refractivity contribution in [1.82, 2.24) is 4.90 Å². The molecule has 1 aliphatic rings. The molecule has 37 heavy (non-hydrogen) atoms. The van der Waals surface area contributed by atoms with Crippen LogP contribution in [0.1, 0.15) is 38.2 Å². The number of carbonyl (C=O) groups excluding carboxylic acids is 3. The highest BCUT2D eigenvalue weighted by Gasteiger charge is 2.25. The molecule has 188 valence electrons. The number of ether oxygens (including phenoxy) is 1. The lowest BCUT2D eigenvalue weighted by molar-refractivity contribution is 0.0526. The van der Waals surface area contributed by atoms with Gasteiger partial charge in [-0.3, -0.25) is 9.59 Å². The van der Waals surface area contributed by atoms with Crippen molar-refractivity contribution >= 4 is 40.1 Å². The maximum atomic E-state index is 13.1. The second-order valence-corrected chi connectivity index (χ2v) is 8.70. The fourth-order valence-electron chi connectivity index (χ4n) is 4.44. The van der Waals surface area contributed by atoms with Crippen LogP contribution in [-0.2, 0) is 4.74 Å². The topological polar surface area (TPSA) is 92.1 Å². The number of benzene rings is 3. The van der Waals surface area contributed by atoms with Crippen molar-refractivity contribution in [3.63, 3.8) is 0 Å². The van der Waals surface area contributed by atoms with Gasteiger partial charge in [-0.1, -0.05) is 36.4 Å². The number of nitrogens with zero attached hydrogens (tertiary/aromatic N) is 2. The second-order valence-electron chi connectivity index (χ2n) is 8.70. The minimum Gasteiger partial charge on any atom is -0.462 e. The minimum atomic E-state index is -0.466. The number of esters is 1. The SMILES string of the molecule is CCOC(=O)c1ccc(N2CCN(C(=O)c3ccccc3)CC2)c(NC(=O)c2cc3ccccc3o2)c1. The van der Waals surface area contributed by atoms with Crippen molar-refractivity contribution in [1.29, 1.82) is 0 Å². The average molecular weight is 498 g/mol. The molecule has 0 atom stereocenters. The van der Waals surface area contributed by atoms with Crippen LogP contribution in [0.2, 0.25) is 0 Å². The molecule has 4 aromatic rings. The Kier molecular flexibility index (Phi) is 6.89. The number of hydrogen-bond donors (Lipinski definition) is 1. The fraction of sp³-hybridized carbons (Fsp3) is 0.207. The van der Waals surface area contributed by atoms with Gasteiger partial charge in [0.1, 0.15) is 5.58 Å².